The summed E-state index contributed by atoms with van der Waals surface area (Å²) >= 11 is 1.57. The van der Waals surface area contributed by atoms with Crippen molar-refractivity contribution in [3.8, 4) is 10.4 Å². The monoisotopic (exact) mass is 402 g/mol. The second-order valence-corrected chi connectivity index (χ2v) is 8.33. The number of amides is 2. The Hall–Kier alpha value is -2.29. The first-order valence-electron chi connectivity index (χ1n) is 9.36. The van der Waals surface area contributed by atoms with E-state index in [9.17, 15) is 14.7 Å². The molecular weight excluding hydrogens is 376 g/mol. The van der Waals surface area contributed by atoms with Crippen LogP contribution in [0.15, 0.2) is 36.0 Å². The van der Waals surface area contributed by atoms with Gasteiger partial charge in [-0.2, -0.15) is 0 Å². The van der Waals surface area contributed by atoms with Gasteiger partial charge in [-0.1, -0.05) is 38.1 Å². The van der Waals surface area contributed by atoms with Gasteiger partial charge in [-0.3, -0.25) is 14.6 Å². The Morgan fingerprint density at radius 1 is 1.36 bits per heavy atom. The number of benzene rings is 1. The fraction of sp³-hybridized carbons (Fsp3) is 0.450. The largest absolute Gasteiger partial charge is 0.391 e. The first kappa shape index (κ1) is 20.4. The van der Waals surface area contributed by atoms with Gasteiger partial charge < -0.3 is 21.1 Å². The fourth-order valence-corrected chi connectivity index (χ4v) is 3.86. The van der Waals surface area contributed by atoms with Gasteiger partial charge in [0.05, 0.1) is 22.5 Å². The number of carbonyl (C=O) groups is 2. The van der Waals surface area contributed by atoms with Crippen molar-refractivity contribution < 1.29 is 14.7 Å². The molecule has 3 atom stereocenters. The summed E-state index contributed by atoms with van der Waals surface area (Å²) in [6.45, 7) is 4.22. The van der Waals surface area contributed by atoms with Crippen molar-refractivity contribution in [2.24, 2.45) is 11.7 Å². The average Bonchev–Trinajstić information content (AvgIpc) is 3.35. The minimum Gasteiger partial charge on any atom is -0.391 e. The molecule has 0 saturated carbocycles. The molecule has 28 heavy (non-hydrogen) atoms. The smallest absolute Gasteiger partial charge is 0.243 e. The molecule has 1 fully saturated rings. The Balaban J connectivity index is 1.61. The predicted octanol–water partition coefficient (Wildman–Crippen LogP) is 1.37. The number of hydrogen-bond acceptors (Lipinski definition) is 6. The van der Waals surface area contributed by atoms with Crippen LogP contribution in [0.4, 0.5) is 0 Å². The van der Waals surface area contributed by atoms with Gasteiger partial charge in [-0.25, -0.2) is 0 Å². The number of aliphatic hydroxyl groups excluding tert-OH is 1. The van der Waals surface area contributed by atoms with E-state index in [2.05, 4.69) is 10.3 Å². The summed E-state index contributed by atoms with van der Waals surface area (Å²) in [5, 5.41) is 12.8. The summed E-state index contributed by atoms with van der Waals surface area (Å²) in [6, 6.07) is 6.52. The number of thiazole rings is 1. The normalized spacial score (nSPS) is 20.4. The summed E-state index contributed by atoms with van der Waals surface area (Å²) in [5.41, 5.74) is 9.78. The van der Waals surface area contributed by atoms with Gasteiger partial charge in [-0.15, -0.1) is 11.3 Å². The van der Waals surface area contributed by atoms with Crippen LogP contribution in [0.3, 0.4) is 0 Å². The summed E-state index contributed by atoms with van der Waals surface area (Å²) in [7, 11) is 0. The number of carbonyl (C=O) groups excluding carboxylic acids is 2. The van der Waals surface area contributed by atoms with E-state index in [0.29, 0.717) is 6.54 Å². The number of nitrogens with two attached hydrogens (primary N) is 1. The van der Waals surface area contributed by atoms with Gasteiger partial charge in [0.1, 0.15) is 6.04 Å². The first-order chi connectivity index (χ1) is 13.4. The molecule has 1 aliphatic rings. The molecule has 3 rings (SSSR count). The first-order valence-corrected chi connectivity index (χ1v) is 10.2. The van der Waals surface area contributed by atoms with Crippen LogP contribution in [-0.2, 0) is 16.1 Å². The van der Waals surface area contributed by atoms with Crippen LogP contribution < -0.4 is 11.1 Å². The molecule has 1 aromatic heterocycles. The maximum absolute atomic E-state index is 12.7. The van der Waals surface area contributed by atoms with Gasteiger partial charge in [0.15, 0.2) is 0 Å². The lowest BCUT2D eigenvalue weighted by molar-refractivity contribution is -0.140. The molecule has 0 spiro atoms. The molecule has 0 aliphatic carbocycles. The van der Waals surface area contributed by atoms with Gasteiger partial charge >= 0.3 is 0 Å². The number of hydrogen-bond donors (Lipinski definition) is 3. The minimum atomic E-state index is -0.710. The minimum absolute atomic E-state index is 0.0361. The summed E-state index contributed by atoms with van der Waals surface area (Å²) < 4.78 is 0. The van der Waals surface area contributed by atoms with Crippen LogP contribution >= 0.6 is 11.3 Å². The Morgan fingerprint density at radius 2 is 2.07 bits per heavy atom. The molecule has 1 saturated heterocycles. The fourth-order valence-electron chi connectivity index (χ4n) is 3.23. The van der Waals surface area contributed by atoms with E-state index in [1.807, 2.05) is 44.3 Å². The topological polar surface area (TPSA) is 109 Å². The van der Waals surface area contributed by atoms with Gasteiger partial charge in [0.25, 0.3) is 0 Å². The standard InChI is InChI=1S/C20H26N4O3S/c1-12(2)18(21)20(27)24-10-15(25)7-16(24)19(26)23-8-13-3-5-14(6-4-13)17-9-22-11-28-17/h3-6,9,11-12,15-16,18,25H,7-8,10,21H2,1-2H3,(H,23,26)/t15-,16+,18?/m1/s1. The van der Waals surface area contributed by atoms with E-state index < -0.39 is 18.2 Å². The van der Waals surface area contributed by atoms with E-state index in [4.69, 9.17) is 5.73 Å². The van der Waals surface area contributed by atoms with Crippen molar-refractivity contribution in [3.63, 3.8) is 0 Å². The van der Waals surface area contributed by atoms with Crippen molar-refractivity contribution in [1.29, 1.82) is 0 Å². The molecule has 0 bridgehead atoms. The third-order valence-corrected chi connectivity index (χ3v) is 5.83. The summed E-state index contributed by atoms with van der Waals surface area (Å²) in [6.07, 6.45) is 1.34. The lowest BCUT2D eigenvalue weighted by Gasteiger charge is -2.27. The molecule has 1 aromatic carbocycles. The van der Waals surface area contributed by atoms with Gasteiger partial charge in [-0.05, 0) is 17.0 Å². The molecule has 8 heteroatoms. The highest BCUT2D eigenvalue weighted by atomic mass is 32.1. The highest BCUT2D eigenvalue weighted by Gasteiger charge is 2.40. The average molecular weight is 403 g/mol. The van der Waals surface area contributed by atoms with Crippen molar-refractivity contribution in [3.05, 3.63) is 41.5 Å². The van der Waals surface area contributed by atoms with E-state index in [1.165, 1.54) is 4.90 Å². The van der Waals surface area contributed by atoms with Crippen LogP contribution in [0.1, 0.15) is 25.8 Å². The number of nitrogens with one attached hydrogen (secondary N) is 1. The molecule has 7 nitrogen and oxygen atoms in total. The zero-order chi connectivity index (χ0) is 20.3. The summed E-state index contributed by atoms with van der Waals surface area (Å²) in [4.78, 5) is 31.8. The molecule has 4 N–H and O–H groups in total. The Morgan fingerprint density at radius 3 is 2.68 bits per heavy atom. The Labute approximate surface area is 168 Å². The van der Waals surface area contributed by atoms with Crippen LogP contribution in [0, 0.1) is 5.92 Å². The van der Waals surface area contributed by atoms with E-state index in [1.54, 1.807) is 16.8 Å². The predicted molar refractivity (Wildman–Crippen MR) is 108 cm³/mol. The van der Waals surface area contributed by atoms with Crippen molar-refractivity contribution in [2.75, 3.05) is 6.54 Å². The number of aromatic nitrogens is 1. The highest BCUT2D eigenvalue weighted by molar-refractivity contribution is 7.13. The third-order valence-electron chi connectivity index (χ3n) is 5.01. The lowest BCUT2D eigenvalue weighted by atomic mass is 10.0. The molecule has 0 radical (unpaired) electrons. The van der Waals surface area contributed by atoms with Gasteiger partial charge in [0.2, 0.25) is 11.8 Å². The molecule has 2 amide bonds. The second kappa shape index (κ2) is 8.81. The van der Waals surface area contributed by atoms with Crippen molar-refractivity contribution >= 4 is 23.2 Å². The molecule has 1 aliphatic heterocycles. The van der Waals surface area contributed by atoms with Gasteiger partial charge in [0, 0.05) is 25.7 Å². The van der Waals surface area contributed by atoms with Crippen LogP contribution in [0.25, 0.3) is 10.4 Å². The highest BCUT2D eigenvalue weighted by Crippen LogP contribution is 2.24. The molecule has 2 aromatic rings. The quantitative estimate of drug-likeness (QED) is 0.676. The number of β-amino-alcohol motifs (C(OH)–C–C–N with tert-alkyl or cyclic N) is 1. The second-order valence-electron chi connectivity index (χ2n) is 7.45. The lowest BCUT2D eigenvalue weighted by Crippen LogP contribution is -2.52. The van der Waals surface area contributed by atoms with Crippen LogP contribution in [0.2, 0.25) is 0 Å². The number of likely N-dealkylation sites (tertiary alicyclic amines) is 1. The molecule has 1 unspecified atom stereocenters. The number of aliphatic hydroxyl groups is 1. The van der Waals surface area contributed by atoms with E-state index in [-0.39, 0.29) is 30.7 Å². The van der Waals surface area contributed by atoms with E-state index >= 15 is 0 Å². The molecule has 2 heterocycles. The number of nitrogens with zero attached hydrogens (tertiary/aromatic N) is 2. The maximum atomic E-state index is 12.7. The molecule has 150 valence electrons. The Bertz CT molecular complexity index is 807. The third kappa shape index (κ3) is 4.57. The van der Waals surface area contributed by atoms with Crippen LogP contribution in [0.5, 0.6) is 0 Å². The Kier molecular flexibility index (Phi) is 6.43. The summed E-state index contributed by atoms with van der Waals surface area (Å²) in [5.74, 6) is -0.598. The maximum Gasteiger partial charge on any atom is 0.243 e. The molecular formula is C20H26N4O3S. The van der Waals surface area contributed by atoms with Crippen molar-refractivity contribution in [1.82, 2.24) is 15.2 Å². The number of rotatable bonds is 6. The zero-order valence-electron chi connectivity index (χ0n) is 16.0. The van der Waals surface area contributed by atoms with E-state index in [0.717, 1.165) is 16.0 Å². The van der Waals surface area contributed by atoms with Crippen LogP contribution in [-0.4, -0.2) is 51.5 Å². The zero-order valence-corrected chi connectivity index (χ0v) is 16.9. The SMILES string of the molecule is CC(C)C(N)C(=O)N1C[C@H](O)C[C@H]1C(=O)NCc1ccc(-c2cncs2)cc1. The van der Waals surface area contributed by atoms with Crippen molar-refractivity contribution in [2.45, 2.75) is 45.0 Å².